The molecule has 38 heavy (non-hydrogen) atoms. The average Bonchev–Trinajstić information content (AvgIpc) is 3.54. The standard InChI is InChI=1S/C29H41FN2O6/c1-27(2,3)37-24(33)19-31-25(34)22-8-7-21(16-23(22)30)36-15-5-6-20-17-29(18-20)11-13-32(14-12-29)26(35)38-28(4)9-10-28/h7-8,16,20H,5-6,9-15,17-19H2,1-4H3,(H,31,34). The highest BCUT2D eigenvalue weighted by atomic mass is 19.1. The first-order chi connectivity index (χ1) is 17.9. The molecule has 2 amide bonds. The number of amides is 2. The van der Waals surface area contributed by atoms with E-state index < -0.39 is 23.3 Å². The molecule has 0 aromatic heterocycles. The van der Waals surface area contributed by atoms with Gasteiger partial charge in [0, 0.05) is 19.2 Å². The van der Waals surface area contributed by atoms with Crippen LogP contribution in [0.15, 0.2) is 18.2 Å². The van der Waals surface area contributed by atoms with E-state index in [1.54, 1.807) is 26.8 Å². The first-order valence-corrected chi connectivity index (χ1v) is 13.8. The lowest BCUT2D eigenvalue weighted by molar-refractivity contribution is -0.153. The number of rotatable bonds is 9. The van der Waals surface area contributed by atoms with E-state index in [-0.39, 0.29) is 23.8 Å². The molecule has 2 aliphatic carbocycles. The summed E-state index contributed by atoms with van der Waals surface area (Å²) in [5.41, 5.74) is -0.660. The van der Waals surface area contributed by atoms with E-state index in [1.807, 2.05) is 11.8 Å². The summed E-state index contributed by atoms with van der Waals surface area (Å²) in [6.45, 7) is 8.90. The molecule has 0 atom stereocenters. The summed E-state index contributed by atoms with van der Waals surface area (Å²) in [7, 11) is 0. The molecule has 1 heterocycles. The van der Waals surface area contributed by atoms with Gasteiger partial charge < -0.3 is 24.4 Å². The number of halogens is 1. The Morgan fingerprint density at radius 2 is 1.79 bits per heavy atom. The van der Waals surface area contributed by atoms with Crippen molar-refractivity contribution in [3.63, 3.8) is 0 Å². The third-order valence-electron chi connectivity index (χ3n) is 7.84. The number of carbonyl (C=O) groups is 3. The third-order valence-corrected chi connectivity index (χ3v) is 7.84. The molecule has 2 saturated carbocycles. The van der Waals surface area contributed by atoms with Gasteiger partial charge in [-0.05, 0) is 103 Å². The van der Waals surface area contributed by atoms with Crippen LogP contribution in [0.1, 0.15) is 89.4 Å². The summed E-state index contributed by atoms with van der Waals surface area (Å²) >= 11 is 0. The van der Waals surface area contributed by atoms with Gasteiger partial charge in [0.1, 0.15) is 29.3 Å². The fourth-order valence-electron chi connectivity index (χ4n) is 5.45. The molecule has 4 rings (SSSR count). The van der Waals surface area contributed by atoms with E-state index in [0.717, 1.165) is 51.6 Å². The van der Waals surface area contributed by atoms with Crippen molar-refractivity contribution in [2.45, 2.75) is 90.3 Å². The van der Waals surface area contributed by atoms with Gasteiger partial charge in [0.15, 0.2) is 0 Å². The van der Waals surface area contributed by atoms with E-state index in [1.165, 1.54) is 25.0 Å². The fourth-order valence-corrected chi connectivity index (χ4v) is 5.45. The highest BCUT2D eigenvalue weighted by molar-refractivity contribution is 5.96. The number of carbonyl (C=O) groups excluding carboxylic acids is 3. The molecule has 3 aliphatic rings. The first-order valence-electron chi connectivity index (χ1n) is 13.8. The van der Waals surface area contributed by atoms with Gasteiger partial charge in [0.05, 0.1) is 12.2 Å². The Balaban J connectivity index is 1.10. The number of ether oxygens (including phenoxy) is 3. The minimum absolute atomic E-state index is 0.151. The largest absolute Gasteiger partial charge is 0.493 e. The normalized spacial score (nSPS) is 19.9. The van der Waals surface area contributed by atoms with Crippen LogP contribution in [0.25, 0.3) is 0 Å². The molecule has 3 fully saturated rings. The van der Waals surface area contributed by atoms with Crippen molar-refractivity contribution in [1.29, 1.82) is 0 Å². The van der Waals surface area contributed by atoms with E-state index >= 15 is 0 Å². The second-order valence-corrected chi connectivity index (χ2v) is 12.5. The Labute approximate surface area is 224 Å². The SMILES string of the molecule is CC(C)(C)OC(=O)CNC(=O)c1ccc(OCCCC2CC3(CCN(C(=O)OC4(C)CC4)CC3)C2)cc1F. The lowest BCUT2D eigenvalue weighted by atomic mass is 9.56. The van der Waals surface area contributed by atoms with Gasteiger partial charge in [-0.15, -0.1) is 0 Å². The zero-order chi connectivity index (χ0) is 27.6. The van der Waals surface area contributed by atoms with Gasteiger partial charge in [-0.1, -0.05) is 0 Å². The topological polar surface area (TPSA) is 94.2 Å². The molecule has 8 nitrogen and oxygen atoms in total. The molecule has 1 aromatic carbocycles. The number of esters is 1. The minimum atomic E-state index is -0.702. The van der Waals surface area contributed by atoms with Crippen molar-refractivity contribution in [2.75, 3.05) is 26.2 Å². The Morgan fingerprint density at radius 3 is 2.39 bits per heavy atom. The quantitative estimate of drug-likeness (QED) is 0.345. The van der Waals surface area contributed by atoms with E-state index in [0.29, 0.717) is 23.7 Å². The van der Waals surface area contributed by atoms with Gasteiger partial charge in [-0.3, -0.25) is 9.59 Å². The predicted octanol–water partition coefficient (Wildman–Crippen LogP) is 5.24. The predicted molar refractivity (Wildman–Crippen MR) is 139 cm³/mol. The number of nitrogens with zero attached hydrogens (tertiary/aromatic N) is 1. The molecule has 1 N–H and O–H groups in total. The van der Waals surface area contributed by atoms with Crippen LogP contribution in [0.5, 0.6) is 5.75 Å². The highest BCUT2D eigenvalue weighted by Crippen LogP contribution is 2.54. The maximum absolute atomic E-state index is 14.5. The van der Waals surface area contributed by atoms with Crippen molar-refractivity contribution in [3.05, 3.63) is 29.6 Å². The zero-order valence-corrected chi connectivity index (χ0v) is 23.1. The van der Waals surface area contributed by atoms with Crippen molar-refractivity contribution >= 4 is 18.0 Å². The Hall–Kier alpha value is -2.84. The van der Waals surface area contributed by atoms with Gasteiger partial charge in [0.2, 0.25) is 0 Å². The fraction of sp³-hybridized carbons (Fsp3) is 0.690. The van der Waals surface area contributed by atoms with Crippen molar-refractivity contribution in [2.24, 2.45) is 11.3 Å². The van der Waals surface area contributed by atoms with Crippen LogP contribution in [0, 0.1) is 17.2 Å². The maximum atomic E-state index is 14.5. The number of hydrogen-bond donors (Lipinski definition) is 1. The Bertz CT molecular complexity index is 1030. The Morgan fingerprint density at radius 1 is 1.11 bits per heavy atom. The smallest absolute Gasteiger partial charge is 0.410 e. The minimum Gasteiger partial charge on any atom is -0.493 e. The maximum Gasteiger partial charge on any atom is 0.410 e. The molecule has 1 aliphatic heterocycles. The number of likely N-dealkylation sites (tertiary alicyclic amines) is 1. The summed E-state index contributed by atoms with van der Waals surface area (Å²) in [6, 6.07) is 4.12. The Kier molecular flexibility index (Phi) is 8.23. The second-order valence-electron chi connectivity index (χ2n) is 12.5. The lowest BCUT2D eigenvalue weighted by Gasteiger charge is -2.52. The second kappa shape index (κ2) is 11.1. The van der Waals surface area contributed by atoms with Crippen molar-refractivity contribution in [1.82, 2.24) is 10.2 Å². The average molecular weight is 533 g/mol. The number of nitrogens with one attached hydrogen (secondary N) is 1. The third kappa shape index (κ3) is 7.60. The summed E-state index contributed by atoms with van der Waals surface area (Å²) in [5.74, 6) is -0.937. The van der Waals surface area contributed by atoms with E-state index in [9.17, 15) is 18.8 Å². The molecule has 0 unspecified atom stereocenters. The lowest BCUT2D eigenvalue weighted by Crippen LogP contribution is -2.49. The van der Waals surface area contributed by atoms with Gasteiger partial charge in [0.25, 0.3) is 5.91 Å². The summed E-state index contributed by atoms with van der Waals surface area (Å²) in [5, 5.41) is 2.38. The molecule has 9 heteroatoms. The summed E-state index contributed by atoms with van der Waals surface area (Å²) < 4.78 is 30.9. The van der Waals surface area contributed by atoms with Crippen LogP contribution < -0.4 is 10.1 Å². The molecular formula is C29H41FN2O6. The number of piperidine rings is 1. The summed E-state index contributed by atoms with van der Waals surface area (Å²) in [4.78, 5) is 38.2. The first kappa shape index (κ1) is 28.2. The number of hydrogen-bond acceptors (Lipinski definition) is 6. The van der Waals surface area contributed by atoms with Crippen LogP contribution in [-0.2, 0) is 14.3 Å². The van der Waals surface area contributed by atoms with Crippen LogP contribution in [0.4, 0.5) is 9.18 Å². The molecule has 0 radical (unpaired) electrons. The molecule has 210 valence electrons. The van der Waals surface area contributed by atoms with Crippen LogP contribution in [-0.4, -0.2) is 60.3 Å². The molecular weight excluding hydrogens is 491 g/mol. The van der Waals surface area contributed by atoms with Gasteiger partial charge >= 0.3 is 12.1 Å². The zero-order valence-electron chi connectivity index (χ0n) is 23.1. The molecule has 1 spiro atoms. The van der Waals surface area contributed by atoms with Crippen LogP contribution in [0.3, 0.4) is 0 Å². The van der Waals surface area contributed by atoms with Gasteiger partial charge in [-0.25, -0.2) is 9.18 Å². The molecule has 0 bridgehead atoms. The van der Waals surface area contributed by atoms with Crippen molar-refractivity contribution < 1.29 is 33.0 Å². The molecule has 1 saturated heterocycles. The highest BCUT2D eigenvalue weighted by Gasteiger charge is 2.47. The summed E-state index contributed by atoms with van der Waals surface area (Å²) in [6.07, 6.45) is 8.18. The monoisotopic (exact) mass is 532 g/mol. The van der Waals surface area contributed by atoms with E-state index in [4.69, 9.17) is 14.2 Å². The van der Waals surface area contributed by atoms with Crippen LogP contribution in [0.2, 0.25) is 0 Å². The van der Waals surface area contributed by atoms with Crippen molar-refractivity contribution in [3.8, 4) is 5.75 Å². The van der Waals surface area contributed by atoms with E-state index in [2.05, 4.69) is 5.32 Å². The van der Waals surface area contributed by atoms with Gasteiger partial charge in [-0.2, -0.15) is 0 Å². The van der Waals surface area contributed by atoms with Crippen LogP contribution >= 0.6 is 0 Å². The number of benzene rings is 1. The molecule has 1 aromatic rings.